The molecule has 0 heterocycles. The van der Waals surface area contributed by atoms with Crippen molar-refractivity contribution in [2.45, 2.75) is 12.3 Å². The lowest BCUT2D eigenvalue weighted by molar-refractivity contribution is -0.108. The van der Waals surface area contributed by atoms with Gasteiger partial charge in [0.15, 0.2) is 0 Å². The zero-order chi connectivity index (χ0) is 7.68. The Kier molecular flexibility index (Phi) is 1.50. The van der Waals surface area contributed by atoms with Gasteiger partial charge in [0.25, 0.3) is 0 Å². The Morgan fingerprint density at radius 2 is 2.00 bits per heavy atom. The third-order valence-corrected chi connectivity index (χ3v) is 2.24. The fourth-order valence-electron chi connectivity index (χ4n) is 1.45. The summed E-state index contributed by atoms with van der Waals surface area (Å²) in [5.74, 6) is 0.825. The molecule has 11 heavy (non-hydrogen) atoms. The number of benzene rings is 1. The Bertz CT molecular complexity index is 253. The highest BCUT2D eigenvalue weighted by Gasteiger charge is 2.37. The van der Waals surface area contributed by atoms with Gasteiger partial charge in [-0.2, -0.15) is 0 Å². The van der Waals surface area contributed by atoms with Crippen LogP contribution in [0.2, 0.25) is 0 Å². The minimum absolute atomic E-state index is 0.303. The van der Waals surface area contributed by atoms with Crippen molar-refractivity contribution in [3.05, 3.63) is 35.9 Å². The highest BCUT2D eigenvalue weighted by atomic mass is 16.1. The molecule has 0 aromatic heterocycles. The van der Waals surface area contributed by atoms with Gasteiger partial charge < -0.3 is 4.79 Å². The quantitative estimate of drug-likeness (QED) is 0.583. The van der Waals surface area contributed by atoms with Gasteiger partial charge >= 0.3 is 0 Å². The molecule has 1 aliphatic carbocycles. The first-order valence-corrected chi connectivity index (χ1v) is 3.92. The van der Waals surface area contributed by atoms with Gasteiger partial charge in [0.05, 0.1) is 0 Å². The molecule has 0 aliphatic heterocycles. The molecule has 2 rings (SSSR count). The van der Waals surface area contributed by atoms with Crippen LogP contribution in [0, 0.1) is 5.92 Å². The highest BCUT2D eigenvalue weighted by Crippen LogP contribution is 2.45. The Hall–Kier alpha value is -1.11. The molecule has 2 atom stereocenters. The van der Waals surface area contributed by atoms with Crippen LogP contribution in [-0.4, -0.2) is 6.29 Å². The molecule has 1 saturated carbocycles. The van der Waals surface area contributed by atoms with Gasteiger partial charge in [-0.1, -0.05) is 30.3 Å². The standard InChI is InChI=1S/C10H10O/c11-7-9-6-10(9)8-4-2-1-3-5-8/h1-5,7,9-10H,6H2/t9-,10+/m0/s1. The average Bonchev–Trinajstić information content (AvgIpc) is 2.85. The van der Waals surface area contributed by atoms with E-state index in [4.69, 9.17) is 0 Å². The van der Waals surface area contributed by atoms with Gasteiger partial charge in [-0.15, -0.1) is 0 Å². The lowest BCUT2D eigenvalue weighted by atomic mass is 10.1. The molecule has 0 unspecified atom stereocenters. The van der Waals surface area contributed by atoms with Crippen LogP contribution >= 0.6 is 0 Å². The van der Waals surface area contributed by atoms with Crippen molar-refractivity contribution in [3.63, 3.8) is 0 Å². The lowest BCUT2D eigenvalue weighted by Gasteiger charge is -1.94. The van der Waals surface area contributed by atoms with Crippen molar-refractivity contribution in [2.24, 2.45) is 5.92 Å². The second-order valence-electron chi connectivity index (χ2n) is 3.05. The van der Waals surface area contributed by atoms with Crippen molar-refractivity contribution in [1.29, 1.82) is 0 Å². The van der Waals surface area contributed by atoms with Crippen LogP contribution < -0.4 is 0 Å². The minimum Gasteiger partial charge on any atom is -0.303 e. The molecule has 1 aromatic carbocycles. The Morgan fingerprint density at radius 1 is 1.27 bits per heavy atom. The Morgan fingerprint density at radius 3 is 2.55 bits per heavy atom. The second-order valence-corrected chi connectivity index (χ2v) is 3.05. The predicted octanol–water partition coefficient (Wildman–Crippen LogP) is 1.99. The number of rotatable bonds is 2. The summed E-state index contributed by atoms with van der Waals surface area (Å²) in [4.78, 5) is 10.4. The molecular formula is C10H10O. The second kappa shape index (κ2) is 2.50. The van der Waals surface area contributed by atoms with E-state index in [1.807, 2.05) is 18.2 Å². The van der Waals surface area contributed by atoms with Gasteiger partial charge in [0, 0.05) is 5.92 Å². The summed E-state index contributed by atoms with van der Waals surface area (Å²) in [6.07, 6.45) is 2.12. The normalized spacial score (nSPS) is 28.0. The fraction of sp³-hybridized carbons (Fsp3) is 0.300. The molecule has 0 bridgehead atoms. The van der Waals surface area contributed by atoms with Crippen LogP contribution in [-0.2, 0) is 4.79 Å². The molecule has 1 nitrogen and oxygen atoms in total. The predicted molar refractivity (Wildman–Crippen MR) is 43.4 cm³/mol. The zero-order valence-corrected chi connectivity index (χ0v) is 6.23. The molecule has 1 aliphatic rings. The number of carbonyl (C=O) groups excluding carboxylic acids is 1. The smallest absolute Gasteiger partial charge is 0.123 e. The molecule has 0 spiro atoms. The summed E-state index contributed by atoms with van der Waals surface area (Å²) in [5.41, 5.74) is 1.31. The number of aldehydes is 1. The van der Waals surface area contributed by atoms with Gasteiger partial charge in [0.2, 0.25) is 0 Å². The van der Waals surface area contributed by atoms with E-state index in [-0.39, 0.29) is 0 Å². The maximum absolute atomic E-state index is 10.4. The van der Waals surface area contributed by atoms with Gasteiger partial charge in [-0.05, 0) is 17.9 Å². The topological polar surface area (TPSA) is 17.1 Å². The van der Waals surface area contributed by atoms with E-state index in [0.29, 0.717) is 11.8 Å². The number of hydrogen-bond acceptors (Lipinski definition) is 1. The van der Waals surface area contributed by atoms with Gasteiger partial charge in [-0.25, -0.2) is 0 Å². The Balaban J connectivity index is 2.14. The summed E-state index contributed by atoms with van der Waals surface area (Å²) in [7, 11) is 0. The molecular weight excluding hydrogens is 136 g/mol. The number of hydrogen-bond donors (Lipinski definition) is 0. The first-order valence-electron chi connectivity index (χ1n) is 3.92. The van der Waals surface area contributed by atoms with E-state index < -0.39 is 0 Å². The van der Waals surface area contributed by atoms with Gasteiger partial charge in [-0.3, -0.25) is 0 Å². The van der Waals surface area contributed by atoms with Crippen molar-refractivity contribution >= 4 is 6.29 Å². The maximum atomic E-state index is 10.4. The van der Waals surface area contributed by atoms with Crippen molar-refractivity contribution in [1.82, 2.24) is 0 Å². The minimum atomic E-state index is 0.303. The molecule has 0 N–H and O–H groups in total. The van der Waals surface area contributed by atoms with Crippen molar-refractivity contribution in [2.75, 3.05) is 0 Å². The molecule has 0 saturated heterocycles. The van der Waals surface area contributed by atoms with E-state index in [9.17, 15) is 4.79 Å². The van der Waals surface area contributed by atoms with E-state index in [2.05, 4.69) is 12.1 Å². The summed E-state index contributed by atoms with van der Waals surface area (Å²) in [6.45, 7) is 0. The average molecular weight is 146 g/mol. The monoisotopic (exact) mass is 146 g/mol. The van der Waals surface area contributed by atoms with E-state index in [0.717, 1.165) is 12.7 Å². The summed E-state index contributed by atoms with van der Waals surface area (Å²) in [6, 6.07) is 10.2. The van der Waals surface area contributed by atoms with E-state index in [1.165, 1.54) is 5.56 Å². The first-order chi connectivity index (χ1) is 5.42. The maximum Gasteiger partial charge on any atom is 0.123 e. The van der Waals surface area contributed by atoms with E-state index >= 15 is 0 Å². The molecule has 0 radical (unpaired) electrons. The molecule has 1 fully saturated rings. The van der Waals surface area contributed by atoms with Crippen LogP contribution in [0.1, 0.15) is 17.9 Å². The van der Waals surface area contributed by atoms with E-state index in [1.54, 1.807) is 0 Å². The number of carbonyl (C=O) groups is 1. The fourth-order valence-corrected chi connectivity index (χ4v) is 1.45. The largest absolute Gasteiger partial charge is 0.303 e. The molecule has 0 amide bonds. The van der Waals surface area contributed by atoms with Crippen LogP contribution in [0.3, 0.4) is 0 Å². The Labute approximate surface area is 66.0 Å². The van der Waals surface area contributed by atoms with Gasteiger partial charge in [0.1, 0.15) is 6.29 Å². The highest BCUT2D eigenvalue weighted by molar-refractivity contribution is 5.61. The first kappa shape index (κ1) is 6.59. The third-order valence-electron chi connectivity index (χ3n) is 2.24. The summed E-state index contributed by atoms with van der Waals surface area (Å²) < 4.78 is 0. The molecule has 1 aromatic rings. The van der Waals surface area contributed by atoms with Crippen LogP contribution in [0.25, 0.3) is 0 Å². The van der Waals surface area contributed by atoms with Crippen LogP contribution in [0.15, 0.2) is 30.3 Å². The summed E-state index contributed by atoms with van der Waals surface area (Å²) in [5, 5.41) is 0. The zero-order valence-electron chi connectivity index (χ0n) is 6.23. The lowest BCUT2D eigenvalue weighted by Crippen LogP contribution is -1.82. The molecule has 56 valence electrons. The van der Waals surface area contributed by atoms with Crippen molar-refractivity contribution in [3.8, 4) is 0 Å². The molecule has 1 heteroatoms. The SMILES string of the molecule is O=C[C@@H]1C[C@@H]1c1ccccc1. The van der Waals surface area contributed by atoms with Crippen LogP contribution in [0.5, 0.6) is 0 Å². The van der Waals surface area contributed by atoms with Crippen LogP contribution in [0.4, 0.5) is 0 Å². The summed E-state index contributed by atoms with van der Waals surface area (Å²) >= 11 is 0. The van der Waals surface area contributed by atoms with Crippen molar-refractivity contribution < 1.29 is 4.79 Å². The third kappa shape index (κ3) is 1.18.